The van der Waals surface area contributed by atoms with Gasteiger partial charge in [0.2, 0.25) is 0 Å². The number of rotatable bonds is 3. The molecule has 0 aliphatic heterocycles. The van der Waals surface area contributed by atoms with Gasteiger partial charge >= 0.3 is 0 Å². The fourth-order valence-electron chi connectivity index (χ4n) is 2.53. The summed E-state index contributed by atoms with van der Waals surface area (Å²) in [6.07, 6.45) is 2.52. The summed E-state index contributed by atoms with van der Waals surface area (Å²) in [4.78, 5) is 4.40. The Bertz CT molecular complexity index is 579. The molecule has 19 heavy (non-hydrogen) atoms. The van der Waals surface area contributed by atoms with Crippen LogP contribution in [-0.2, 0) is 13.0 Å². The Morgan fingerprint density at radius 1 is 1.47 bits per heavy atom. The Kier molecular flexibility index (Phi) is 3.53. The van der Waals surface area contributed by atoms with Crippen molar-refractivity contribution < 1.29 is 9.84 Å². The van der Waals surface area contributed by atoms with Crippen LogP contribution in [0.2, 0.25) is 0 Å². The van der Waals surface area contributed by atoms with Gasteiger partial charge in [-0.05, 0) is 43.4 Å². The third kappa shape index (κ3) is 2.65. The van der Waals surface area contributed by atoms with Crippen molar-refractivity contribution in [2.75, 3.05) is 0 Å². The summed E-state index contributed by atoms with van der Waals surface area (Å²) in [7, 11) is 0. The van der Waals surface area contributed by atoms with E-state index in [1.807, 2.05) is 30.5 Å². The van der Waals surface area contributed by atoms with Crippen molar-refractivity contribution in [3.8, 4) is 5.75 Å². The van der Waals surface area contributed by atoms with E-state index in [4.69, 9.17) is 4.74 Å². The summed E-state index contributed by atoms with van der Waals surface area (Å²) in [5, 5.41) is 13.0. The molecule has 0 saturated heterocycles. The molecule has 1 aromatic carbocycles. The maximum Gasteiger partial charge on any atom is 0.140 e. The molecule has 1 atom stereocenters. The second-order valence-corrected chi connectivity index (χ2v) is 5.85. The lowest BCUT2D eigenvalue weighted by atomic mass is 9.89. The fourth-order valence-corrected chi connectivity index (χ4v) is 3.22. The Morgan fingerprint density at radius 2 is 2.37 bits per heavy atom. The van der Waals surface area contributed by atoms with E-state index in [1.165, 1.54) is 0 Å². The maximum absolute atomic E-state index is 10.0. The molecular formula is C15H17NO2S. The van der Waals surface area contributed by atoms with Crippen molar-refractivity contribution in [3.05, 3.63) is 45.4 Å². The molecule has 0 radical (unpaired) electrons. The van der Waals surface area contributed by atoms with E-state index in [9.17, 15) is 5.11 Å². The van der Waals surface area contributed by atoms with E-state index in [0.29, 0.717) is 6.61 Å². The van der Waals surface area contributed by atoms with Gasteiger partial charge in [-0.25, -0.2) is 4.98 Å². The van der Waals surface area contributed by atoms with Gasteiger partial charge < -0.3 is 9.84 Å². The van der Waals surface area contributed by atoms with Crippen molar-refractivity contribution in [1.29, 1.82) is 0 Å². The summed E-state index contributed by atoms with van der Waals surface area (Å²) in [5.41, 5.74) is 3.22. The molecule has 0 amide bonds. The molecule has 2 aromatic rings. The summed E-state index contributed by atoms with van der Waals surface area (Å²) in [6, 6.07) is 5.94. The van der Waals surface area contributed by atoms with Gasteiger partial charge in [0.1, 0.15) is 17.4 Å². The number of thiazole rings is 1. The predicted octanol–water partition coefficient (Wildman–Crippen LogP) is 3.40. The lowest BCUT2D eigenvalue weighted by Crippen LogP contribution is -2.11. The second-order valence-electron chi connectivity index (χ2n) is 4.90. The van der Waals surface area contributed by atoms with Gasteiger partial charge in [0, 0.05) is 11.1 Å². The minimum Gasteiger partial charge on any atom is -0.486 e. The maximum atomic E-state index is 10.0. The number of hydrogen-bond donors (Lipinski definition) is 1. The Balaban J connectivity index is 1.79. The van der Waals surface area contributed by atoms with Crippen LogP contribution in [0.1, 0.15) is 40.8 Å². The largest absolute Gasteiger partial charge is 0.486 e. The molecule has 0 saturated carbocycles. The molecule has 0 fully saturated rings. The molecule has 1 heterocycles. The molecule has 1 aliphatic carbocycles. The SMILES string of the molecule is Cc1csc(COc2cccc3c2CCCC3O)n1. The van der Waals surface area contributed by atoms with Crippen LogP contribution in [0.15, 0.2) is 23.6 Å². The molecule has 4 heteroatoms. The Morgan fingerprint density at radius 3 is 3.16 bits per heavy atom. The van der Waals surface area contributed by atoms with Crippen LogP contribution < -0.4 is 4.74 Å². The van der Waals surface area contributed by atoms with Crippen LogP contribution >= 0.6 is 11.3 Å². The van der Waals surface area contributed by atoms with Gasteiger partial charge in [-0.3, -0.25) is 0 Å². The van der Waals surface area contributed by atoms with Crippen molar-refractivity contribution in [2.45, 2.75) is 38.9 Å². The summed E-state index contributed by atoms with van der Waals surface area (Å²) in [6.45, 7) is 2.49. The summed E-state index contributed by atoms with van der Waals surface area (Å²) in [5.74, 6) is 0.893. The number of nitrogens with zero attached hydrogens (tertiary/aromatic N) is 1. The van der Waals surface area contributed by atoms with Gasteiger partial charge in [-0.15, -0.1) is 11.3 Å². The van der Waals surface area contributed by atoms with E-state index in [0.717, 1.165) is 46.8 Å². The van der Waals surface area contributed by atoms with Crippen molar-refractivity contribution in [3.63, 3.8) is 0 Å². The van der Waals surface area contributed by atoms with E-state index in [-0.39, 0.29) is 6.10 Å². The van der Waals surface area contributed by atoms with Crippen LogP contribution in [0, 0.1) is 6.92 Å². The smallest absolute Gasteiger partial charge is 0.140 e. The average molecular weight is 275 g/mol. The fraction of sp³-hybridized carbons (Fsp3) is 0.400. The van der Waals surface area contributed by atoms with Crippen LogP contribution in [0.25, 0.3) is 0 Å². The first-order valence-electron chi connectivity index (χ1n) is 6.57. The van der Waals surface area contributed by atoms with Crippen LogP contribution in [0.3, 0.4) is 0 Å². The first-order chi connectivity index (χ1) is 9.24. The third-order valence-corrected chi connectivity index (χ3v) is 4.39. The van der Waals surface area contributed by atoms with E-state index in [2.05, 4.69) is 4.98 Å². The number of aliphatic hydroxyl groups excluding tert-OH is 1. The van der Waals surface area contributed by atoms with Crippen LogP contribution in [0.4, 0.5) is 0 Å². The number of ether oxygens (including phenoxy) is 1. The van der Waals surface area contributed by atoms with Gasteiger partial charge in [-0.1, -0.05) is 12.1 Å². The first-order valence-corrected chi connectivity index (χ1v) is 7.45. The zero-order chi connectivity index (χ0) is 13.2. The third-order valence-electron chi connectivity index (χ3n) is 3.45. The highest BCUT2D eigenvalue weighted by molar-refractivity contribution is 7.09. The topological polar surface area (TPSA) is 42.4 Å². The van der Waals surface area contributed by atoms with Crippen molar-refractivity contribution in [2.24, 2.45) is 0 Å². The minimum atomic E-state index is -0.339. The van der Waals surface area contributed by atoms with Crippen LogP contribution in [0.5, 0.6) is 5.75 Å². The van der Waals surface area contributed by atoms with E-state index < -0.39 is 0 Å². The lowest BCUT2D eigenvalue weighted by Gasteiger charge is -2.23. The summed E-state index contributed by atoms with van der Waals surface area (Å²) < 4.78 is 5.89. The number of benzene rings is 1. The second kappa shape index (κ2) is 5.31. The molecule has 3 rings (SSSR count). The van der Waals surface area contributed by atoms with Gasteiger partial charge in [0.25, 0.3) is 0 Å². The minimum absolute atomic E-state index is 0.339. The molecule has 0 spiro atoms. The lowest BCUT2D eigenvalue weighted by molar-refractivity contribution is 0.155. The highest BCUT2D eigenvalue weighted by Gasteiger charge is 2.20. The number of aliphatic hydroxyl groups is 1. The monoisotopic (exact) mass is 275 g/mol. The molecule has 1 aromatic heterocycles. The molecule has 1 N–H and O–H groups in total. The molecule has 1 aliphatic rings. The number of hydrogen-bond acceptors (Lipinski definition) is 4. The average Bonchev–Trinajstić information content (AvgIpc) is 2.83. The zero-order valence-corrected chi connectivity index (χ0v) is 11.7. The predicted molar refractivity (Wildman–Crippen MR) is 75.5 cm³/mol. The first kappa shape index (κ1) is 12.6. The standard InChI is InChI=1S/C15H17NO2S/c1-10-9-19-15(16-10)8-18-14-7-3-4-11-12(14)5-2-6-13(11)17/h3-4,7,9,13,17H,2,5-6,8H2,1H3. The van der Waals surface area contributed by atoms with Crippen molar-refractivity contribution in [1.82, 2.24) is 4.98 Å². The van der Waals surface area contributed by atoms with E-state index >= 15 is 0 Å². The van der Waals surface area contributed by atoms with Gasteiger partial charge in [-0.2, -0.15) is 0 Å². The molecule has 0 bridgehead atoms. The number of aryl methyl sites for hydroxylation is 1. The normalized spacial score (nSPS) is 18.1. The van der Waals surface area contributed by atoms with Crippen LogP contribution in [-0.4, -0.2) is 10.1 Å². The Labute approximate surface area is 116 Å². The van der Waals surface area contributed by atoms with Gasteiger partial charge in [0.15, 0.2) is 0 Å². The molecule has 100 valence electrons. The quantitative estimate of drug-likeness (QED) is 0.933. The van der Waals surface area contributed by atoms with Gasteiger partial charge in [0.05, 0.1) is 6.10 Å². The zero-order valence-electron chi connectivity index (χ0n) is 10.9. The van der Waals surface area contributed by atoms with Crippen molar-refractivity contribution >= 4 is 11.3 Å². The number of fused-ring (bicyclic) bond motifs is 1. The Hall–Kier alpha value is -1.39. The molecular weight excluding hydrogens is 258 g/mol. The highest BCUT2D eigenvalue weighted by Crippen LogP contribution is 2.35. The van der Waals surface area contributed by atoms with E-state index in [1.54, 1.807) is 11.3 Å². The highest BCUT2D eigenvalue weighted by atomic mass is 32.1. The molecule has 1 unspecified atom stereocenters. The molecule has 3 nitrogen and oxygen atoms in total. The number of aromatic nitrogens is 1. The summed E-state index contributed by atoms with van der Waals surface area (Å²) >= 11 is 1.62.